The lowest BCUT2D eigenvalue weighted by Gasteiger charge is -2.20. The highest BCUT2D eigenvalue weighted by molar-refractivity contribution is 9.10. The maximum Gasteiger partial charge on any atom is 0.242 e. The van der Waals surface area contributed by atoms with E-state index in [9.17, 15) is 14.4 Å². The molecular formula is C26H23BrN2O3. The summed E-state index contributed by atoms with van der Waals surface area (Å²) in [6.45, 7) is 1.85. The fourth-order valence-electron chi connectivity index (χ4n) is 4.67. The Hall–Kier alpha value is -2.99. The Kier molecular flexibility index (Phi) is 5.55. The number of hydrogen-bond acceptors (Lipinski definition) is 3. The first-order valence-electron chi connectivity index (χ1n) is 11.0. The Morgan fingerprint density at radius 3 is 2.25 bits per heavy atom. The van der Waals surface area contributed by atoms with Crippen LogP contribution < -0.4 is 0 Å². The average molecular weight is 491 g/mol. The molecule has 1 fully saturated rings. The van der Waals surface area contributed by atoms with E-state index in [2.05, 4.69) is 15.9 Å². The molecule has 162 valence electrons. The molecule has 3 aromatic rings. The maximum atomic E-state index is 13.0. The number of fused-ring (bicyclic) bond motifs is 2. The first kappa shape index (κ1) is 20.9. The van der Waals surface area contributed by atoms with Crippen LogP contribution in [0, 0.1) is 0 Å². The molecule has 2 heterocycles. The van der Waals surface area contributed by atoms with Crippen molar-refractivity contribution in [2.75, 3.05) is 13.1 Å². The maximum absolute atomic E-state index is 13.0. The van der Waals surface area contributed by atoms with Crippen molar-refractivity contribution < 1.29 is 14.4 Å². The second-order valence-corrected chi connectivity index (χ2v) is 9.35. The SMILES string of the molecule is O=C1C(=Cc2cn(CC(=O)N3CCCCCC3)c3ccc(Br)cc23)C(=O)c2ccccc21. The van der Waals surface area contributed by atoms with E-state index in [0.717, 1.165) is 46.9 Å². The highest BCUT2D eigenvalue weighted by Crippen LogP contribution is 2.31. The molecule has 0 N–H and O–H groups in total. The van der Waals surface area contributed by atoms with Crippen molar-refractivity contribution in [1.29, 1.82) is 0 Å². The number of nitrogens with zero attached hydrogens (tertiary/aromatic N) is 2. The van der Waals surface area contributed by atoms with Crippen molar-refractivity contribution in [1.82, 2.24) is 9.47 Å². The van der Waals surface area contributed by atoms with Gasteiger partial charge in [0, 0.05) is 51.4 Å². The van der Waals surface area contributed by atoms with E-state index in [1.54, 1.807) is 30.3 Å². The number of amides is 1. The lowest BCUT2D eigenvalue weighted by Crippen LogP contribution is -2.34. The predicted molar refractivity (Wildman–Crippen MR) is 128 cm³/mol. The van der Waals surface area contributed by atoms with Crippen LogP contribution in [0.2, 0.25) is 0 Å². The molecule has 0 unspecified atom stereocenters. The summed E-state index contributed by atoms with van der Waals surface area (Å²) >= 11 is 3.52. The Morgan fingerprint density at radius 1 is 0.938 bits per heavy atom. The van der Waals surface area contributed by atoms with Gasteiger partial charge in [0.2, 0.25) is 5.91 Å². The number of halogens is 1. The molecule has 1 saturated heterocycles. The van der Waals surface area contributed by atoms with Crippen LogP contribution in [0.15, 0.2) is 58.7 Å². The molecule has 0 saturated carbocycles. The van der Waals surface area contributed by atoms with Crippen LogP contribution in [0.1, 0.15) is 52.0 Å². The number of carbonyl (C=O) groups is 3. The summed E-state index contributed by atoms with van der Waals surface area (Å²) in [5.41, 5.74) is 2.73. The van der Waals surface area contributed by atoms with Gasteiger partial charge in [0.1, 0.15) is 6.54 Å². The third-order valence-electron chi connectivity index (χ3n) is 6.34. The van der Waals surface area contributed by atoms with Gasteiger partial charge in [-0.1, -0.05) is 53.0 Å². The summed E-state index contributed by atoms with van der Waals surface area (Å²) < 4.78 is 2.83. The minimum atomic E-state index is -0.248. The Bertz CT molecular complexity index is 1240. The molecule has 5 rings (SSSR count). The fraction of sp³-hybridized carbons (Fsp3) is 0.269. The lowest BCUT2D eigenvalue weighted by atomic mass is 10.1. The van der Waals surface area contributed by atoms with Crippen molar-refractivity contribution in [3.05, 3.63) is 75.4 Å². The van der Waals surface area contributed by atoms with Gasteiger partial charge in [-0.3, -0.25) is 14.4 Å². The first-order valence-corrected chi connectivity index (χ1v) is 11.8. The van der Waals surface area contributed by atoms with Gasteiger partial charge >= 0.3 is 0 Å². The zero-order chi connectivity index (χ0) is 22.2. The third-order valence-corrected chi connectivity index (χ3v) is 6.84. The molecule has 0 bridgehead atoms. The fourth-order valence-corrected chi connectivity index (χ4v) is 5.03. The van der Waals surface area contributed by atoms with E-state index in [4.69, 9.17) is 0 Å². The standard InChI is InChI=1S/C26H23BrN2O3/c27-18-9-10-23-21(14-18)17(13-22-25(31)19-7-3-4-8-20(19)26(22)32)15-29(23)16-24(30)28-11-5-1-2-6-12-28/h3-4,7-10,13-15H,1-2,5-6,11-12,16H2. The second kappa shape index (κ2) is 8.51. The average Bonchev–Trinajstić information content (AvgIpc) is 3.08. The molecule has 32 heavy (non-hydrogen) atoms. The summed E-state index contributed by atoms with van der Waals surface area (Å²) in [4.78, 5) is 40.7. The summed E-state index contributed by atoms with van der Waals surface area (Å²) in [5.74, 6) is -0.393. The minimum absolute atomic E-state index is 0.103. The van der Waals surface area contributed by atoms with Crippen LogP contribution >= 0.6 is 15.9 Å². The molecular weight excluding hydrogens is 468 g/mol. The first-order chi connectivity index (χ1) is 15.5. The molecule has 2 aromatic carbocycles. The van der Waals surface area contributed by atoms with Gasteiger partial charge in [0.15, 0.2) is 11.6 Å². The highest BCUT2D eigenvalue weighted by atomic mass is 79.9. The number of likely N-dealkylation sites (tertiary alicyclic amines) is 1. The van der Waals surface area contributed by atoms with Crippen molar-refractivity contribution >= 4 is 50.4 Å². The van der Waals surface area contributed by atoms with E-state index >= 15 is 0 Å². The molecule has 1 amide bonds. The summed E-state index contributed by atoms with van der Waals surface area (Å²) in [6, 6.07) is 12.8. The number of allylic oxidation sites excluding steroid dienone is 1. The number of Topliss-reactive ketones (excluding diaryl/α,β-unsaturated/α-hetero) is 2. The second-order valence-electron chi connectivity index (χ2n) is 8.43. The number of aromatic nitrogens is 1. The van der Waals surface area contributed by atoms with Gasteiger partial charge in [-0.05, 0) is 37.1 Å². The van der Waals surface area contributed by atoms with Crippen LogP contribution in [0.5, 0.6) is 0 Å². The number of benzene rings is 2. The summed E-state index contributed by atoms with van der Waals surface area (Å²) in [5, 5.41) is 0.895. The predicted octanol–water partition coefficient (Wildman–Crippen LogP) is 5.27. The number of ketones is 2. The van der Waals surface area contributed by atoms with Crippen LogP contribution in [0.25, 0.3) is 17.0 Å². The molecule has 6 heteroatoms. The normalized spacial score (nSPS) is 16.4. The van der Waals surface area contributed by atoms with Crippen LogP contribution in [-0.2, 0) is 11.3 Å². The van der Waals surface area contributed by atoms with Crippen LogP contribution in [0.3, 0.4) is 0 Å². The molecule has 1 aliphatic carbocycles. The highest BCUT2D eigenvalue weighted by Gasteiger charge is 2.32. The van der Waals surface area contributed by atoms with Gasteiger partial charge < -0.3 is 9.47 Å². The minimum Gasteiger partial charge on any atom is -0.341 e. The summed E-state index contributed by atoms with van der Waals surface area (Å²) in [6.07, 6.45) is 8.00. The largest absolute Gasteiger partial charge is 0.341 e. The van der Waals surface area contributed by atoms with Gasteiger partial charge in [0.05, 0.1) is 5.57 Å². The number of rotatable bonds is 3. The van der Waals surface area contributed by atoms with Gasteiger partial charge in [-0.25, -0.2) is 0 Å². The number of carbonyl (C=O) groups excluding carboxylic acids is 3. The quantitative estimate of drug-likeness (QED) is 0.371. The van der Waals surface area contributed by atoms with Gasteiger partial charge in [-0.15, -0.1) is 0 Å². The third kappa shape index (κ3) is 3.73. The monoisotopic (exact) mass is 490 g/mol. The molecule has 5 nitrogen and oxygen atoms in total. The molecule has 2 aliphatic rings. The Morgan fingerprint density at radius 2 is 1.59 bits per heavy atom. The summed E-state index contributed by atoms with van der Waals surface area (Å²) in [7, 11) is 0. The van der Waals surface area contributed by atoms with Gasteiger partial charge in [-0.2, -0.15) is 0 Å². The molecule has 0 atom stereocenters. The topological polar surface area (TPSA) is 59.4 Å². The van der Waals surface area contributed by atoms with Crippen LogP contribution in [0.4, 0.5) is 0 Å². The van der Waals surface area contributed by atoms with Crippen molar-refractivity contribution in [3.63, 3.8) is 0 Å². The van der Waals surface area contributed by atoms with E-state index < -0.39 is 0 Å². The molecule has 0 spiro atoms. The zero-order valence-corrected chi connectivity index (χ0v) is 19.2. The van der Waals surface area contributed by atoms with Gasteiger partial charge in [0.25, 0.3) is 0 Å². The smallest absolute Gasteiger partial charge is 0.242 e. The Balaban J connectivity index is 1.53. The molecule has 0 radical (unpaired) electrons. The lowest BCUT2D eigenvalue weighted by molar-refractivity contribution is -0.131. The van der Waals surface area contributed by atoms with Crippen LogP contribution in [-0.4, -0.2) is 40.0 Å². The van der Waals surface area contributed by atoms with Crippen molar-refractivity contribution in [3.8, 4) is 0 Å². The van der Waals surface area contributed by atoms with E-state index in [1.807, 2.05) is 33.9 Å². The number of hydrogen-bond donors (Lipinski definition) is 0. The van der Waals surface area contributed by atoms with E-state index in [0.29, 0.717) is 11.1 Å². The zero-order valence-electron chi connectivity index (χ0n) is 17.6. The Labute approximate surface area is 194 Å². The van der Waals surface area contributed by atoms with E-state index in [1.165, 1.54) is 12.8 Å². The van der Waals surface area contributed by atoms with Crippen molar-refractivity contribution in [2.24, 2.45) is 0 Å². The molecule has 1 aromatic heterocycles. The molecule has 1 aliphatic heterocycles. The van der Waals surface area contributed by atoms with E-state index in [-0.39, 0.29) is 29.6 Å². The van der Waals surface area contributed by atoms with Crippen molar-refractivity contribution in [2.45, 2.75) is 32.2 Å².